The molecule has 2 rings (SSSR count). The van der Waals surface area contributed by atoms with Crippen molar-refractivity contribution < 1.29 is 19.4 Å². The Hall–Kier alpha value is -2.08. The van der Waals surface area contributed by atoms with Gasteiger partial charge in [-0.15, -0.1) is 0 Å². The van der Waals surface area contributed by atoms with Gasteiger partial charge in [0.15, 0.2) is 0 Å². The maximum Gasteiger partial charge on any atom is 0.317 e. The van der Waals surface area contributed by atoms with Crippen molar-refractivity contribution in [2.75, 3.05) is 26.7 Å². The lowest BCUT2D eigenvalue weighted by molar-refractivity contribution is -0.137. The van der Waals surface area contributed by atoms with Gasteiger partial charge >= 0.3 is 12.0 Å². The third-order valence-corrected chi connectivity index (χ3v) is 4.47. The van der Waals surface area contributed by atoms with E-state index in [-0.39, 0.29) is 24.4 Å². The zero-order chi connectivity index (χ0) is 17.4. The van der Waals surface area contributed by atoms with E-state index in [1.54, 1.807) is 7.05 Å². The molecule has 0 atom stereocenters. The predicted molar refractivity (Wildman–Crippen MR) is 90.7 cm³/mol. The van der Waals surface area contributed by atoms with E-state index in [9.17, 15) is 9.59 Å². The number of ether oxygens (including phenoxy) is 1. The maximum atomic E-state index is 11.9. The predicted octanol–water partition coefficient (Wildman–Crippen LogP) is 2.49. The molecule has 2 N–H and O–H groups in total. The van der Waals surface area contributed by atoms with Crippen LogP contribution in [0.5, 0.6) is 0 Å². The number of benzene rings is 1. The Morgan fingerprint density at radius 2 is 2.00 bits per heavy atom. The molecular weight excluding hydrogens is 308 g/mol. The van der Waals surface area contributed by atoms with Gasteiger partial charge in [0.1, 0.15) is 0 Å². The number of carbonyl (C=O) groups is 2. The Labute approximate surface area is 142 Å². The Morgan fingerprint density at radius 1 is 1.29 bits per heavy atom. The Kier molecular flexibility index (Phi) is 6.61. The van der Waals surface area contributed by atoms with Crippen molar-refractivity contribution in [1.29, 1.82) is 0 Å². The van der Waals surface area contributed by atoms with E-state index in [1.807, 2.05) is 30.3 Å². The monoisotopic (exact) mass is 334 g/mol. The van der Waals surface area contributed by atoms with Crippen LogP contribution in [-0.4, -0.2) is 48.8 Å². The maximum absolute atomic E-state index is 11.9. The number of aliphatic carboxylic acids is 1. The first-order valence-corrected chi connectivity index (χ1v) is 8.33. The van der Waals surface area contributed by atoms with Gasteiger partial charge in [-0.2, -0.15) is 0 Å². The number of nitrogens with one attached hydrogen (secondary N) is 1. The fourth-order valence-corrected chi connectivity index (χ4v) is 2.51. The van der Waals surface area contributed by atoms with Crippen molar-refractivity contribution in [2.24, 2.45) is 5.41 Å². The molecule has 1 aromatic carbocycles. The van der Waals surface area contributed by atoms with Gasteiger partial charge in [0.2, 0.25) is 0 Å². The fourth-order valence-electron chi connectivity index (χ4n) is 2.51. The molecule has 1 aromatic rings. The van der Waals surface area contributed by atoms with Crippen molar-refractivity contribution in [1.82, 2.24) is 10.2 Å². The third kappa shape index (κ3) is 6.20. The number of nitrogens with zero attached hydrogens (tertiary/aromatic N) is 1. The number of carboxylic acids is 1. The lowest BCUT2D eigenvalue weighted by atomic mass is 10.0. The average molecular weight is 334 g/mol. The van der Waals surface area contributed by atoms with Gasteiger partial charge in [-0.1, -0.05) is 30.3 Å². The van der Waals surface area contributed by atoms with Crippen molar-refractivity contribution >= 4 is 12.0 Å². The number of carbonyl (C=O) groups excluding carboxylic acids is 1. The van der Waals surface area contributed by atoms with Crippen molar-refractivity contribution in [3.05, 3.63) is 35.9 Å². The summed E-state index contributed by atoms with van der Waals surface area (Å²) in [4.78, 5) is 23.9. The van der Waals surface area contributed by atoms with Crippen LogP contribution < -0.4 is 5.32 Å². The van der Waals surface area contributed by atoms with E-state index in [0.717, 1.165) is 24.8 Å². The van der Waals surface area contributed by atoms with Gasteiger partial charge in [0.25, 0.3) is 0 Å². The van der Waals surface area contributed by atoms with Crippen LogP contribution in [0.3, 0.4) is 0 Å². The first-order valence-electron chi connectivity index (χ1n) is 8.33. The van der Waals surface area contributed by atoms with Crippen LogP contribution in [0, 0.1) is 5.41 Å². The molecule has 0 spiro atoms. The van der Waals surface area contributed by atoms with Crippen LogP contribution in [-0.2, 0) is 16.1 Å². The first kappa shape index (κ1) is 18.3. The second-order valence-electron chi connectivity index (χ2n) is 6.51. The molecule has 24 heavy (non-hydrogen) atoms. The number of hydrogen-bond donors (Lipinski definition) is 2. The number of hydrogen-bond acceptors (Lipinski definition) is 3. The minimum atomic E-state index is -0.899. The molecule has 1 saturated carbocycles. The molecule has 0 unspecified atom stereocenters. The van der Waals surface area contributed by atoms with E-state index < -0.39 is 5.97 Å². The van der Waals surface area contributed by atoms with Gasteiger partial charge in [-0.3, -0.25) is 4.79 Å². The second-order valence-corrected chi connectivity index (χ2v) is 6.51. The van der Waals surface area contributed by atoms with Crippen LogP contribution in [0.2, 0.25) is 0 Å². The van der Waals surface area contributed by atoms with Crippen LogP contribution in [0.25, 0.3) is 0 Å². The second kappa shape index (κ2) is 8.68. The zero-order valence-electron chi connectivity index (χ0n) is 14.2. The molecular formula is C18H26N2O4. The molecule has 0 bridgehead atoms. The van der Waals surface area contributed by atoms with Crippen molar-refractivity contribution in [2.45, 2.75) is 32.3 Å². The molecule has 0 aliphatic heterocycles. The van der Waals surface area contributed by atoms with Crippen LogP contribution in [0.4, 0.5) is 4.79 Å². The van der Waals surface area contributed by atoms with Crippen molar-refractivity contribution in [3.8, 4) is 0 Å². The number of amides is 2. The summed E-state index contributed by atoms with van der Waals surface area (Å²) in [6.45, 7) is 2.13. The summed E-state index contributed by atoms with van der Waals surface area (Å²) in [7, 11) is 1.61. The van der Waals surface area contributed by atoms with Crippen LogP contribution in [0.1, 0.15) is 31.2 Å². The fraction of sp³-hybridized carbons (Fsp3) is 0.556. The highest BCUT2D eigenvalue weighted by molar-refractivity contribution is 5.75. The Balaban J connectivity index is 1.61. The minimum Gasteiger partial charge on any atom is -0.481 e. The first-order chi connectivity index (χ1) is 11.5. The quantitative estimate of drug-likeness (QED) is 0.644. The molecule has 6 nitrogen and oxygen atoms in total. The minimum absolute atomic E-state index is 0.0393. The molecule has 0 heterocycles. The molecule has 0 radical (unpaired) electrons. The van der Waals surface area contributed by atoms with Gasteiger partial charge in [0, 0.05) is 26.7 Å². The molecule has 1 aliphatic carbocycles. The SMILES string of the molecule is CN(CCC(=O)O)C(=O)NCC1(CCOCc2ccccc2)CC1. The molecule has 6 heteroatoms. The largest absolute Gasteiger partial charge is 0.481 e. The van der Waals surface area contributed by atoms with Gasteiger partial charge in [0.05, 0.1) is 13.0 Å². The van der Waals surface area contributed by atoms with E-state index in [1.165, 1.54) is 4.90 Å². The summed E-state index contributed by atoms with van der Waals surface area (Å²) in [6, 6.07) is 9.85. The van der Waals surface area contributed by atoms with Crippen LogP contribution >= 0.6 is 0 Å². The lowest BCUT2D eigenvalue weighted by Gasteiger charge is -2.20. The van der Waals surface area contributed by atoms with Crippen LogP contribution in [0.15, 0.2) is 30.3 Å². The van der Waals surface area contributed by atoms with Crippen molar-refractivity contribution in [3.63, 3.8) is 0 Å². The molecule has 1 aliphatic rings. The topological polar surface area (TPSA) is 78.9 Å². The average Bonchev–Trinajstić information content (AvgIpc) is 3.35. The van der Waals surface area contributed by atoms with Gasteiger partial charge in [-0.05, 0) is 30.2 Å². The Morgan fingerprint density at radius 3 is 2.62 bits per heavy atom. The zero-order valence-corrected chi connectivity index (χ0v) is 14.2. The number of rotatable bonds is 10. The third-order valence-electron chi connectivity index (χ3n) is 4.47. The smallest absolute Gasteiger partial charge is 0.317 e. The molecule has 0 saturated heterocycles. The van der Waals surface area contributed by atoms with E-state index in [4.69, 9.17) is 9.84 Å². The molecule has 132 valence electrons. The summed E-state index contributed by atoms with van der Waals surface area (Å²) in [5.41, 5.74) is 1.32. The van der Waals surface area contributed by atoms with E-state index >= 15 is 0 Å². The summed E-state index contributed by atoms with van der Waals surface area (Å²) < 4.78 is 5.73. The van der Waals surface area contributed by atoms with Gasteiger partial charge < -0.3 is 20.1 Å². The highest BCUT2D eigenvalue weighted by atomic mass is 16.5. The molecule has 0 aromatic heterocycles. The Bertz CT molecular complexity index is 543. The summed E-state index contributed by atoms with van der Waals surface area (Å²) in [5, 5.41) is 11.5. The normalized spacial score (nSPS) is 14.9. The lowest BCUT2D eigenvalue weighted by Crippen LogP contribution is -2.41. The number of carboxylic acid groups (broad SMARTS) is 1. The standard InChI is InChI=1S/C18H26N2O4/c1-20(11-7-16(21)22)17(23)19-14-18(8-9-18)10-12-24-13-15-5-3-2-4-6-15/h2-6H,7-14H2,1H3,(H,19,23)(H,21,22). The molecule has 2 amide bonds. The summed E-state index contributed by atoms with van der Waals surface area (Å²) >= 11 is 0. The highest BCUT2D eigenvalue weighted by Gasteiger charge is 2.42. The van der Waals surface area contributed by atoms with Gasteiger partial charge in [-0.25, -0.2) is 4.79 Å². The summed E-state index contributed by atoms with van der Waals surface area (Å²) in [6.07, 6.45) is 3.09. The summed E-state index contributed by atoms with van der Waals surface area (Å²) in [5.74, 6) is -0.899. The van der Waals surface area contributed by atoms with E-state index in [0.29, 0.717) is 19.8 Å². The number of urea groups is 1. The molecule has 1 fully saturated rings. The highest BCUT2D eigenvalue weighted by Crippen LogP contribution is 2.48. The van der Waals surface area contributed by atoms with E-state index in [2.05, 4.69) is 5.32 Å².